The van der Waals surface area contributed by atoms with Crippen molar-refractivity contribution >= 4 is 0 Å². The molecule has 0 aromatic heterocycles. The quantitative estimate of drug-likeness (QED) is 0.131. The van der Waals surface area contributed by atoms with Gasteiger partial charge in [-0.2, -0.15) is 0 Å². The second-order valence-corrected chi connectivity index (χ2v) is 8.52. The van der Waals surface area contributed by atoms with Gasteiger partial charge in [0.25, 0.3) is 0 Å². The van der Waals surface area contributed by atoms with E-state index in [4.69, 9.17) is 0 Å². The molecule has 0 bridgehead atoms. The van der Waals surface area contributed by atoms with Crippen molar-refractivity contribution in [2.24, 2.45) is 0 Å². The van der Waals surface area contributed by atoms with Gasteiger partial charge in [-0.3, -0.25) is 4.90 Å². The Balaban J connectivity index is 4.01. The van der Waals surface area contributed by atoms with Crippen LogP contribution in [0.4, 0.5) is 0 Å². The Bertz CT molecular complexity index is 307. The SMILES string of the molecule is CCCCCC/C=C/CN(C/C=C/CCCCCC)CCCCCCCCC. The maximum Gasteiger partial charge on any atom is 0.0166 e. The van der Waals surface area contributed by atoms with Gasteiger partial charge < -0.3 is 0 Å². The third-order valence-corrected chi connectivity index (χ3v) is 5.59. The van der Waals surface area contributed by atoms with Crippen molar-refractivity contribution in [3.63, 3.8) is 0 Å². The van der Waals surface area contributed by atoms with Crippen molar-refractivity contribution in [2.75, 3.05) is 19.6 Å². The summed E-state index contributed by atoms with van der Waals surface area (Å²) in [5, 5.41) is 0. The molecular formula is C27H53N. The first kappa shape index (κ1) is 27.4. The summed E-state index contributed by atoms with van der Waals surface area (Å²) >= 11 is 0. The average molecular weight is 392 g/mol. The van der Waals surface area contributed by atoms with E-state index in [0.717, 1.165) is 13.1 Å². The molecule has 1 nitrogen and oxygen atoms in total. The molecule has 0 saturated heterocycles. The lowest BCUT2D eigenvalue weighted by molar-refractivity contribution is 0.323. The zero-order chi connectivity index (χ0) is 20.5. The van der Waals surface area contributed by atoms with Gasteiger partial charge in [0.2, 0.25) is 0 Å². The molecule has 0 aliphatic rings. The van der Waals surface area contributed by atoms with Crippen LogP contribution in [-0.2, 0) is 0 Å². The number of nitrogens with zero attached hydrogens (tertiary/aromatic N) is 1. The first-order chi connectivity index (χ1) is 13.8. The summed E-state index contributed by atoms with van der Waals surface area (Å²) in [6.45, 7) is 10.4. The molecule has 0 heterocycles. The molecule has 0 aliphatic heterocycles. The van der Waals surface area contributed by atoms with Crippen LogP contribution in [0.2, 0.25) is 0 Å². The van der Waals surface area contributed by atoms with Gasteiger partial charge in [-0.05, 0) is 38.6 Å². The highest BCUT2D eigenvalue weighted by atomic mass is 15.1. The third-order valence-electron chi connectivity index (χ3n) is 5.59. The van der Waals surface area contributed by atoms with Gasteiger partial charge in [-0.15, -0.1) is 0 Å². The predicted octanol–water partition coefficient (Wildman–Crippen LogP) is 9.09. The minimum Gasteiger partial charge on any atom is -0.296 e. The van der Waals surface area contributed by atoms with E-state index in [-0.39, 0.29) is 0 Å². The van der Waals surface area contributed by atoms with Crippen LogP contribution in [0.5, 0.6) is 0 Å². The van der Waals surface area contributed by atoms with E-state index in [1.807, 2.05) is 0 Å². The number of hydrogen-bond acceptors (Lipinski definition) is 1. The average Bonchev–Trinajstić information content (AvgIpc) is 2.71. The fourth-order valence-corrected chi connectivity index (χ4v) is 3.61. The predicted molar refractivity (Wildman–Crippen MR) is 130 cm³/mol. The maximum atomic E-state index is 2.64. The lowest BCUT2D eigenvalue weighted by Crippen LogP contribution is -2.25. The van der Waals surface area contributed by atoms with Crippen molar-refractivity contribution in [1.29, 1.82) is 0 Å². The molecule has 28 heavy (non-hydrogen) atoms. The van der Waals surface area contributed by atoms with E-state index in [1.54, 1.807) is 0 Å². The van der Waals surface area contributed by atoms with Crippen molar-refractivity contribution in [3.05, 3.63) is 24.3 Å². The summed E-state index contributed by atoms with van der Waals surface area (Å²) < 4.78 is 0. The first-order valence-electron chi connectivity index (χ1n) is 12.9. The molecule has 0 aliphatic carbocycles. The minimum atomic E-state index is 1.13. The fraction of sp³-hybridized carbons (Fsp3) is 0.852. The van der Waals surface area contributed by atoms with Crippen LogP contribution in [0.25, 0.3) is 0 Å². The molecule has 1 heteroatoms. The summed E-state index contributed by atoms with van der Waals surface area (Å²) in [5.41, 5.74) is 0. The number of rotatable bonds is 22. The molecule has 0 aromatic rings. The third kappa shape index (κ3) is 21.7. The standard InChI is InChI=1S/C27H53N/c1-4-7-10-13-16-19-22-25-28(26-23-20-17-14-11-8-5-2)27-24-21-18-15-12-9-6-3/h19-20,22-23H,4-18,21,24-27H2,1-3H3/b22-19+,23-20+. The van der Waals surface area contributed by atoms with Crippen molar-refractivity contribution in [3.8, 4) is 0 Å². The van der Waals surface area contributed by atoms with Gasteiger partial charge in [0.1, 0.15) is 0 Å². The van der Waals surface area contributed by atoms with Crippen molar-refractivity contribution < 1.29 is 0 Å². The largest absolute Gasteiger partial charge is 0.296 e. The second kappa shape index (κ2) is 24.5. The summed E-state index contributed by atoms with van der Waals surface area (Å²) in [4.78, 5) is 2.64. The van der Waals surface area contributed by atoms with E-state index < -0.39 is 0 Å². The number of allylic oxidation sites excluding steroid dienone is 2. The summed E-state index contributed by atoms with van der Waals surface area (Å²) in [5.74, 6) is 0. The highest BCUT2D eigenvalue weighted by molar-refractivity contribution is 4.89. The number of hydrogen-bond donors (Lipinski definition) is 0. The molecule has 0 saturated carbocycles. The molecule has 166 valence electrons. The van der Waals surface area contributed by atoms with E-state index in [2.05, 4.69) is 50.0 Å². The Morgan fingerprint density at radius 1 is 0.429 bits per heavy atom. The normalized spacial score (nSPS) is 12.1. The maximum absolute atomic E-state index is 2.64. The fourth-order valence-electron chi connectivity index (χ4n) is 3.61. The lowest BCUT2D eigenvalue weighted by Gasteiger charge is -2.19. The van der Waals surface area contributed by atoms with Gasteiger partial charge in [0.05, 0.1) is 0 Å². The Kier molecular flexibility index (Phi) is 24.0. The van der Waals surface area contributed by atoms with Gasteiger partial charge in [-0.1, -0.05) is 122 Å². The van der Waals surface area contributed by atoms with Crippen LogP contribution in [0, 0.1) is 0 Å². The highest BCUT2D eigenvalue weighted by Gasteiger charge is 2.01. The molecule has 0 amide bonds. The number of unbranched alkanes of at least 4 members (excludes halogenated alkanes) is 14. The van der Waals surface area contributed by atoms with Crippen LogP contribution >= 0.6 is 0 Å². The van der Waals surface area contributed by atoms with Crippen LogP contribution < -0.4 is 0 Å². The van der Waals surface area contributed by atoms with Gasteiger partial charge in [0, 0.05) is 13.1 Å². The Morgan fingerprint density at radius 3 is 1.29 bits per heavy atom. The highest BCUT2D eigenvalue weighted by Crippen LogP contribution is 2.09. The van der Waals surface area contributed by atoms with Crippen molar-refractivity contribution in [1.82, 2.24) is 4.90 Å². The van der Waals surface area contributed by atoms with Crippen molar-refractivity contribution in [2.45, 2.75) is 130 Å². The first-order valence-corrected chi connectivity index (χ1v) is 12.9. The molecule has 0 aromatic carbocycles. The Labute approximate surface area is 179 Å². The van der Waals surface area contributed by atoms with Gasteiger partial charge >= 0.3 is 0 Å². The van der Waals surface area contributed by atoms with Crippen LogP contribution in [0.1, 0.15) is 130 Å². The summed E-state index contributed by atoms with van der Waals surface area (Å²) in [6.07, 6.45) is 33.0. The molecule has 0 N–H and O–H groups in total. The van der Waals surface area contributed by atoms with Crippen LogP contribution in [0.3, 0.4) is 0 Å². The van der Waals surface area contributed by atoms with E-state index in [0.29, 0.717) is 0 Å². The van der Waals surface area contributed by atoms with Gasteiger partial charge in [-0.25, -0.2) is 0 Å². The second-order valence-electron chi connectivity index (χ2n) is 8.52. The van der Waals surface area contributed by atoms with Crippen LogP contribution in [0.15, 0.2) is 24.3 Å². The molecule has 0 radical (unpaired) electrons. The zero-order valence-electron chi connectivity index (χ0n) is 19.9. The lowest BCUT2D eigenvalue weighted by atomic mass is 10.1. The molecule has 0 rings (SSSR count). The Hall–Kier alpha value is -0.560. The molecule has 0 spiro atoms. The summed E-state index contributed by atoms with van der Waals surface area (Å²) in [7, 11) is 0. The summed E-state index contributed by atoms with van der Waals surface area (Å²) in [6, 6.07) is 0. The van der Waals surface area contributed by atoms with E-state index >= 15 is 0 Å². The Morgan fingerprint density at radius 2 is 0.821 bits per heavy atom. The molecule has 0 atom stereocenters. The smallest absolute Gasteiger partial charge is 0.0166 e. The monoisotopic (exact) mass is 391 g/mol. The molecular weight excluding hydrogens is 338 g/mol. The molecule has 0 fully saturated rings. The van der Waals surface area contributed by atoms with Gasteiger partial charge in [0.15, 0.2) is 0 Å². The zero-order valence-corrected chi connectivity index (χ0v) is 19.9. The van der Waals surface area contributed by atoms with Crippen LogP contribution in [-0.4, -0.2) is 24.5 Å². The minimum absolute atomic E-state index is 1.13. The molecule has 0 unspecified atom stereocenters. The van der Waals surface area contributed by atoms with E-state index in [9.17, 15) is 0 Å². The topological polar surface area (TPSA) is 3.24 Å². The van der Waals surface area contributed by atoms with E-state index in [1.165, 1.54) is 116 Å².